The maximum atomic E-state index is 12.6. The van der Waals surface area contributed by atoms with Crippen molar-refractivity contribution in [3.63, 3.8) is 0 Å². The molecular formula is C15H22F3NO2. The molecule has 0 aliphatic carbocycles. The van der Waals surface area contributed by atoms with Gasteiger partial charge in [-0.15, -0.1) is 0 Å². The molecule has 0 aromatic heterocycles. The minimum absolute atomic E-state index is 0.0869. The van der Waals surface area contributed by atoms with Gasteiger partial charge >= 0.3 is 6.18 Å². The summed E-state index contributed by atoms with van der Waals surface area (Å²) < 4.78 is 37.9. The lowest BCUT2D eigenvalue weighted by Gasteiger charge is -2.32. The van der Waals surface area contributed by atoms with E-state index < -0.39 is 23.4 Å². The van der Waals surface area contributed by atoms with Crippen molar-refractivity contribution in [1.82, 2.24) is 5.32 Å². The second-order valence-electron chi connectivity index (χ2n) is 5.17. The van der Waals surface area contributed by atoms with Gasteiger partial charge < -0.3 is 15.5 Å². The van der Waals surface area contributed by atoms with Crippen LogP contribution in [-0.2, 0) is 6.18 Å². The highest BCUT2D eigenvalue weighted by Gasteiger charge is 2.31. The van der Waals surface area contributed by atoms with Crippen LogP contribution >= 0.6 is 0 Å². The van der Waals surface area contributed by atoms with Crippen molar-refractivity contribution < 1.29 is 23.4 Å². The number of hydrogen-bond donors (Lipinski definition) is 3. The topological polar surface area (TPSA) is 52.5 Å². The van der Waals surface area contributed by atoms with Crippen molar-refractivity contribution in [2.24, 2.45) is 0 Å². The van der Waals surface area contributed by atoms with Crippen molar-refractivity contribution in [3.8, 4) is 0 Å². The molecule has 0 amide bonds. The van der Waals surface area contributed by atoms with Gasteiger partial charge in [0.25, 0.3) is 0 Å². The minimum atomic E-state index is -4.43. The third kappa shape index (κ3) is 4.69. The number of rotatable bonds is 7. The summed E-state index contributed by atoms with van der Waals surface area (Å²) in [5, 5.41) is 22.5. The molecule has 0 spiro atoms. The molecule has 1 unspecified atom stereocenters. The molecule has 1 aromatic carbocycles. The predicted octanol–water partition coefficient (Wildman–Crippen LogP) is 2.88. The maximum absolute atomic E-state index is 12.6. The van der Waals surface area contributed by atoms with Gasteiger partial charge in [-0.3, -0.25) is 0 Å². The van der Waals surface area contributed by atoms with Crippen LogP contribution in [0.15, 0.2) is 24.3 Å². The number of nitrogens with one attached hydrogen (secondary N) is 1. The summed E-state index contributed by atoms with van der Waals surface area (Å²) in [6, 6.07) is 4.66. The molecule has 1 atom stereocenters. The van der Waals surface area contributed by atoms with E-state index in [4.69, 9.17) is 0 Å². The number of alkyl halides is 3. The Morgan fingerprint density at radius 1 is 1.19 bits per heavy atom. The number of aliphatic hydroxyl groups is 2. The third-order valence-electron chi connectivity index (χ3n) is 3.93. The van der Waals surface area contributed by atoms with Gasteiger partial charge in [0, 0.05) is 12.1 Å². The summed E-state index contributed by atoms with van der Waals surface area (Å²) >= 11 is 0. The summed E-state index contributed by atoms with van der Waals surface area (Å²) in [7, 11) is 0. The third-order valence-corrected chi connectivity index (χ3v) is 3.93. The molecule has 0 bridgehead atoms. The molecule has 0 fully saturated rings. The van der Waals surface area contributed by atoms with Crippen molar-refractivity contribution in [1.29, 1.82) is 0 Å². The molecule has 6 heteroatoms. The molecule has 3 N–H and O–H groups in total. The normalized spacial score (nSPS) is 14.2. The Bertz CT molecular complexity index is 437. The van der Waals surface area contributed by atoms with Crippen LogP contribution in [0.2, 0.25) is 0 Å². The molecule has 0 heterocycles. The first-order valence-electron chi connectivity index (χ1n) is 6.99. The summed E-state index contributed by atoms with van der Waals surface area (Å²) in [6.07, 6.45) is -4.16. The van der Waals surface area contributed by atoms with Crippen molar-refractivity contribution in [2.45, 2.75) is 44.5 Å². The van der Waals surface area contributed by atoms with Gasteiger partial charge in [0.05, 0.1) is 18.3 Å². The monoisotopic (exact) mass is 305 g/mol. The van der Waals surface area contributed by atoms with Crippen LogP contribution in [-0.4, -0.2) is 28.9 Å². The van der Waals surface area contributed by atoms with E-state index in [1.54, 1.807) is 0 Å². The highest BCUT2D eigenvalue weighted by molar-refractivity contribution is 5.27. The van der Waals surface area contributed by atoms with E-state index in [2.05, 4.69) is 5.32 Å². The maximum Gasteiger partial charge on any atom is 0.416 e. The van der Waals surface area contributed by atoms with Crippen molar-refractivity contribution in [2.75, 3.05) is 13.2 Å². The lowest BCUT2D eigenvalue weighted by Crippen LogP contribution is -2.49. The first kappa shape index (κ1) is 17.9. The van der Waals surface area contributed by atoms with Crippen LogP contribution in [0.25, 0.3) is 0 Å². The molecule has 21 heavy (non-hydrogen) atoms. The molecule has 3 nitrogen and oxygen atoms in total. The van der Waals surface area contributed by atoms with E-state index in [0.717, 1.165) is 12.1 Å². The molecule has 1 rings (SSSR count). The quantitative estimate of drug-likeness (QED) is 0.726. The van der Waals surface area contributed by atoms with E-state index >= 15 is 0 Å². The largest absolute Gasteiger partial charge is 0.416 e. The average molecular weight is 305 g/mol. The van der Waals surface area contributed by atoms with Crippen molar-refractivity contribution in [3.05, 3.63) is 35.4 Å². The number of halogens is 3. The van der Waals surface area contributed by atoms with E-state index in [1.807, 2.05) is 13.8 Å². The Morgan fingerprint density at radius 2 is 1.81 bits per heavy atom. The summed E-state index contributed by atoms with van der Waals surface area (Å²) in [5.41, 5.74) is -1.09. The van der Waals surface area contributed by atoms with Crippen LogP contribution in [0.3, 0.4) is 0 Å². The Kier molecular flexibility index (Phi) is 6.19. The van der Waals surface area contributed by atoms with Gasteiger partial charge in [0.1, 0.15) is 0 Å². The molecule has 120 valence electrons. The van der Waals surface area contributed by atoms with Gasteiger partial charge in [-0.05, 0) is 30.5 Å². The fourth-order valence-corrected chi connectivity index (χ4v) is 2.13. The minimum Gasteiger partial charge on any atom is -0.394 e. The Balaban J connectivity index is 2.78. The lowest BCUT2D eigenvalue weighted by molar-refractivity contribution is -0.137. The first-order chi connectivity index (χ1) is 9.78. The Morgan fingerprint density at radius 3 is 2.29 bits per heavy atom. The number of benzene rings is 1. The van der Waals surface area contributed by atoms with Gasteiger partial charge in [-0.1, -0.05) is 26.0 Å². The Hall–Kier alpha value is -1.11. The Labute approximate surface area is 122 Å². The lowest BCUT2D eigenvalue weighted by atomic mass is 9.93. The zero-order chi connectivity index (χ0) is 16.1. The molecule has 1 aromatic rings. The number of hydrogen-bond acceptors (Lipinski definition) is 3. The first-order valence-corrected chi connectivity index (χ1v) is 6.99. The van der Waals surface area contributed by atoms with Crippen LogP contribution in [0.4, 0.5) is 13.2 Å². The smallest absolute Gasteiger partial charge is 0.394 e. The second kappa shape index (κ2) is 7.24. The molecule has 0 saturated carbocycles. The molecular weight excluding hydrogens is 283 g/mol. The second-order valence-corrected chi connectivity index (χ2v) is 5.17. The van der Waals surface area contributed by atoms with E-state index in [-0.39, 0.29) is 18.7 Å². The summed E-state index contributed by atoms with van der Waals surface area (Å²) in [5.74, 6) is 0. The van der Waals surface area contributed by atoms with E-state index in [1.165, 1.54) is 12.1 Å². The number of β-amino-alcohol motifs (C(OH)–C–C–N with tert-alkyl or cyclic N) is 1. The molecule has 0 saturated heterocycles. The summed E-state index contributed by atoms with van der Waals surface area (Å²) in [4.78, 5) is 0. The highest BCUT2D eigenvalue weighted by Crippen LogP contribution is 2.30. The molecule has 0 aliphatic rings. The standard InChI is InChI=1S/C15H22F3NO2/c1-3-14(4-2,10-20)19-9-13(21)11-6-5-7-12(8-11)15(16,17)18/h5-8,13,19-21H,3-4,9-10H2,1-2H3. The van der Waals surface area contributed by atoms with Crippen LogP contribution in [0.1, 0.15) is 43.9 Å². The SMILES string of the molecule is CCC(CC)(CO)NCC(O)c1cccc(C(F)(F)F)c1. The zero-order valence-electron chi connectivity index (χ0n) is 12.2. The average Bonchev–Trinajstić information content (AvgIpc) is 2.48. The van der Waals surface area contributed by atoms with E-state index in [9.17, 15) is 23.4 Å². The van der Waals surface area contributed by atoms with Gasteiger partial charge in [-0.2, -0.15) is 13.2 Å². The van der Waals surface area contributed by atoms with E-state index in [0.29, 0.717) is 12.8 Å². The van der Waals surface area contributed by atoms with Gasteiger partial charge in [0.15, 0.2) is 0 Å². The summed E-state index contributed by atoms with van der Waals surface area (Å²) in [6.45, 7) is 3.81. The molecule has 0 aliphatic heterocycles. The highest BCUT2D eigenvalue weighted by atomic mass is 19.4. The van der Waals surface area contributed by atoms with Gasteiger partial charge in [-0.25, -0.2) is 0 Å². The predicted molar refractivity (Wildman–Crippen MR) is 74.8 cm³/mol. The molecule has 0 radical (unpaired) electrons. The van der Waals surface area contributed by atoms with Crippen LogP contribution in [0.5, 0.6) is 0 Å². The van der Waals surface area contributed by atoms with Crippen molar-refractivity contribution >= 4 is 0 Å². The number of aliphatic hydroxyl groups excluding tert-OH is 2. The fraction of sp³-hybridized carbons (Fsp3) is 0.600. The zero-order valence-corrected chi connectivity index (χ0v) is 12.2. The van der Waals surface area contributed by atoms with Crippen LogP contribution < -0.4 is 5.32 Å². The van der Waals surface area contributed by atoms with Crippen LogP contribution in [0, 0.1) is 0 Å². The fourth-order valence-electron chi connectivity index (χ4n) is 2.13. The van der Waals surface area contributed by atoms with Gasteiger partial charge in [0.2, 0.25) is 0 Å².